The molecule has 0 saturated carbocycles. The van der Waals surface area contributed by atoms with Gasteiger partial charge in [-0.15, -0.1) is 0 Å². The number of hydrogen-bond acceptors (Lipinski definition) is 3. The summed E-state index contributed by atoms with van der Waals surface area (Å²) in [5.41, 5.74) is 0.998. The minimum Gasteiger partial charge on any atom is -0.488 e. The van der Waals surface area contributed by atoms with Crippen molar-refractivity contribution in [1.29, 1.82) is 0 Å². The molecular weight excluding hydrogens is 262 g/mol. The molecule has 0 saturated heterocycles. The zero-order chi connectivity index (χ0) is 13.5. The average Bonchev–Trinajstić information content (AvgIpc) is 2.83. The molecule has 0 spiro atoms. The molecule has 0 atom stereocenters. The van der Waals surface area contributed by atoms with E-state index >= 15 is 0 Å². The number of halogens is 1. The molecule has 5 heteroatoms. The maximum Gasteiger partial charge on any atom is 0.157 e. The number of anilines is 1. The maximum atomic E-state index is 5.90. The number of aryl methyl sites for hydroxylation is 1. The third-order valence-electron chi connectivity index (χ3n) is 2.59. The molecule has 2 aromatic rings. The standard InChI is InChI=1S/C14H18ClN3O/c1-2-7-18-11-14(10-17-18)19-8-6-16-13-5-3-4-12(15)9-13/h3-5,9-11,16H,2,6-8H2,1H3. The minimum atomic E-state index is 0.588. The third-order valence-corrected chi connectivity index (χ3v) is 2.82. The van der Waals surface area contributed by atoms with Crippen LogP contribution in [0.15, 0.2) is 36.7 Å². The van der Waals surface area contributed by atoms with Crippen molar-refractivity contribution in [2.24, 2.45) is 0 Å². The second-order valence-corrected chi connectivity index (χ2v) is 4.66. The molecule has 0 unspecified atom stereocenters. The van der Waals surface area contributed by atoms with E-state index in [0.717, 1.165) is 36.0 Å². The summed E-state index contributed by atoms with van der Waals surface area (Å²) >= 11 is 5.90. The van der Waals surface area contributed by atoms with Crippen LogP contribution < -0.4 is 10.1 Å². The van der Waals surface area contributed by atoms with Crippen LogP contribution in [0.4, 0.5) is 5.69 Å². The predicted octanol–water partition coefficient (Wildman–Crippen LogP) is 3.44. The van der Waals surface area contributed by atoms with Crippen LogP contribution in [0.1, 0.15) is 13.3 Å². The molecule has 0 aliphatic carbocycles. The SMILES string of the molecule is CCCn1cc(OCCNc2cccc(Cl)c2)cn1. The van der Waals surface area contributed by atoms with Gasteiger partial charge in [-0.25, -0.2) is 0 Å². The Morgan fingerprint density at radius 1 is 1.42 bits per heavy atom. The van der Waals surface area contributed by atoms with Gasteiger partial charge in [0.2, 0.25) is 0 Å². The highest BCUT2D eigenvalue weighted by Crippen LogP contribution is 2.14. The molecule has 1 N–H and O–H groups in total. The van der Waals surface area contributed by atoms with Gasteiger partial charge >= 0.3 is 0 Å². The van der Waals surface area contributed by atoms with Gasteiger partial charge in [0.25, 0.3) is 0 Å². The summed E-state index contributed by atoms with van der Waals surface area (Å²) in [6.45, 7) is 4.35. The van der Waals surface area contributed by atoms with E-state index in [0.29, 0.717) is 6.61 Å². The van der Waals surface area contributed by atoms with Crippen molar-refractivity contribution in [2.75, 3.05) is 18.5 Å². The summed E-state index contributed by atoms with van der Waals surface area (Å²) in [7, 11) is 0. The van der Waals surface area contributed by atoms with Gasteiger partial charge in [-0.3, -0.25) is 4.68 Å². The first-order valence-corrected chi connectivity index (χ1v) is 6.80. The molecule has 0 aliphatic heterocycles. The summed E-state index contributed by atoms with van der Waals surface area (Å²) in [6.07, 6.45) is 4.73. The van der Waals surface area contributed by atoms with Crippen LogP contribution in [0, 0.1) is 0 Å². The van der Waals surface area contributed by atoms with E-state index in [1.54, 1.807) is 6.20 Å². The molecule has 0 amide bonds. The van der Waals surface area contributed by atoms with Crippen molar-refractivity contribution < 1.29 is 4.74 Å². The van der Waals surface area contributed by atoms with Crippen molar-refractivity contribution >= 4 is 17.3 Å². The normalized spacial score (nSPS) is 10.4. The van der Waals surface area contributed by atoms with E-state index in [9.17, 15) is 0 Å². The lowest BCUT2D eigenvalue weighted by Gasteiger charge is -2.07. The molecule has 0 fully saturated rings. The van der Waals surface area contributed by atoms with Crippen LogP contribution in [0.5, 0.6) is 5.75 Å². The number of rotatable bonds is 7. The van der Waals surface area contributed by atoms with Crippen LogP contribution >= 0.6 is 11.6 Å². The van der Waals surface area contributed by atoms with Gasteiger partial charge in [0.05, 0.1) is 12.4 Å². The summed E-state index contributed by atoms with van der Waals surface area (Å²) in [4.78, 5) is 0. The van der Waals surface area contributed by atoms with Gasteiger partial charge in [0.1, 0.15) is 6.61 Å². The summed E-state index contributed by atoms with van der Waals surface area (Å²) < 4.78 is 7.49. The Hall–Kier alpha value is -1.68. The van der Waals surface area contributed by atoms with Crippen molar-refractivity contribution in [3.63, 3.8) is 0 Å². The fourth-order valence-corrected chi connectivity index (χ4v) is 1.92. The highest BCUT2D eigenvalue weighted by Gasteiger charge is 1.98. The number of nitrogens with zero attached hydrogens (tertiary/aromatic N) is 2. The molecule has 1 aromatic carbocycles. The molecule has 102 valence electrons. The second-order valence-electron chi connectivity index (χ2n) is 4.22. The fourth-order valence-electron chi connectivity index (χ4n) is 1.73. The van der Waals surface area contributed by atoms with Gasteiger partial charge in [-0.05, 0) is 24.6 Å². The van der Waals surface area contributed by atoms with Gasteiger partial charge < -0.3 is 10.1 Å². The number of hydrogen-bond donors (Lipinski definition) is 1. The van der Waals surface area contributed by atoms with Crippen molar-refractivity contribution in [2.45, 2.75) is 19.9 Å². The topological polar surface area (TPSA) is 39.1 Å². The Morgan fingerprint density at radius 3 is 3.11 bits per heavy atom. The smallest absolute Gasteiger partial charge is 0.157 e. The van der Waals surface area contributed by atoms with E-state index in [1.807, 2.05) is 35.1 Å². The molecule has 0 aliphatic rings. The molecule has 0 radical (unpaired) electrons. The molecule has 0 bridgehead atoms. The van der Waals surface area contributed by atoms with Crippen molar-refractivity contribution in [3.05, 3.63) is 41.7 Å². The monoisotopic (exact) mass is 279 g/mol. The van der Waals surface area contributed by atoms with E-state index in [4.69, 9.17) is 16.3 Å². The van der Waals surface area contributed by atoms with Gasteiger partial charge in [0, 0.05) is 23.8 Å². The third kappa shape index (κ3) is 4.48. The van der Waals surface area contributed by atoms with Crippen LogP contribution in [-0.2, 0) is 6.54 Å². The van der Waals surface area contributed by atoms with E-state index in [1.165, 1.54) is 0 Å². The number of nitrogens with one attached hydrogen (secondary N) is 1. The van der Waals surface area contributed by atoms with Gasteiger partial charge in [0.15, 0.2) is 5.75 Å². The first-order chi connectivity index (χ1) is 9.28. The fraction of sp³-hybridized carbons (Fsp3) is 0.357. The zero-order valence-corrected chi connectivity index (χ0v) is 11.7. The first kappa shape index (κ1) is 13.7. The lowest BCUT2D eigenvalue weighted by molar-refractivity contribution is 0.332. The van der Waals surface area contributed by atoms with E-state index in [2.05, 4.69) is 17.3 Å². The van der Waals surface area contributed by atoms with E-state index in [-0.39, 0.29) is 0 Å². The van der Waals surface area contributed by atoms with Crippen LogP contribution in [0.3, 0.4) is 0 Å². The van der Waals surface area contributed by atoms with Crippen LogP contribution in [0.2, 0.25) is 5.02 Å². The van der Waals surface area contributed by atoms with E-state index < -0.39 is 0 Å². The zero-order valence-electron chi connectivity index (χ0n) is 11.0. The maximum absolute atomic E-state index is 5.90. The average molecular weight is 280 g/mol. The lowest BCUT2D eigenvalue weighted by Crippen LogP contribution is -2.11. The molecular formula is C14H18ClN3O. The highest BCUT2D eigenvalue weighted by atomic mass is 35.5. The highest BCUT2D eigenvalue weighted by molar-refractivity contribution is 6.30. The number of aromatic nitrogens is 2. The molecule has 1 heterocycles. The Bertz CT molecular complexity index is 513. The Kier molecular flexibility index (Phi) is 5.10. The predicted molar refractivity (Wildman–Crippen MR) is 78.0 cm³/mol. The van der Waals surface area contributed by atoms with Gasteiger partial charge in [-0.1, -0.05) is 24.6 Å². The largest absolute Gasteiger partial charge is 0.488 e. The quantitative estimate of drug-likeness (QED) is 0.789. The van der Waals surface area contributed by atoms with Crippen molar-refractivity contribution in [1.82, 2.24) is 9.78 Å². The number of benzene rings is 1. The van der Waals surface area contributed by atoms with Crippen molar-refractivity contribution in [3.8, 4) is 5.75 Å². The number of ether oxygens (including phenoxy) is 1. The first-order valence-electron chi connectivity index (χ1n) is 6.42. The molecule has 19 heavy (non-hydrogen) atoms. The Labute approximate surface area is 118 Å². The molecule has 1 aromatic heterocycles. The summed E-state index contributed by atoms with van der Waals surface area (Å²) in [5.74, 6) is 0.807. The Morgan fingerprint density at radius 2 is 2.32 bits per heavy atom. The molecule has 2 rings (SSSR count). The minimum absolute atomic E-state index is 0.588. The second kappa shape index (κ2) is 7.04. The Balaban J connectivity index is 1.71. The lowest BCUT2D eigenvalue weighted by atomic mass is 10.3. The summed E-state index contributed by atoms with van der Waals surface area (Å²) in [6, 6.07) is 7.64. The molecule has 4 nitrogen and oxygen atoms in total. The van der Waals surface area contributed by atoms with Gasteiger partial charge in [-0.2, -0.15) is 5.10 Å². The van der Waals surface area contributed by atoms with Crippen LogP contribution in [-0.4, -0.2) is 22.9 Å². The summed E-state index contributed by atoms with van der Waals surface area (Å²) in [5, 5.41) is 8.19. The van der Waals surface area contributed by atoms with Crippen LogP contribution in [0.25, 0.3) is 0 Å².